The molecule has 0 saturated carbocycles. The van der Waals surface area contributed by atoms with E-state index >= 15 is 4.39 Å². The van der Waals surface area contributed by atoms with E-state index in [1.54, 1.807) is 26.1 Å². The fourth-order valence-electron chi connectivity index (χ4n) is 4.74. The number of urea groups is 1. The van der Waals surface area contributed by atoms with Crippen LogP contribution < -0.4 is 9.46 Å². The van der Waals surface area contributed by atoms with Gasteiger partial charge in [0.05, 0.1) is 12.6 Å². The van der Waals surface area contributed by atoms with Crippen LogP contribution in [0.5, 0.6) is 5.75 Å². The predicted octanol–water partition coefficient (Wildman–Crippen LogP) is 3.93. The van der Waals surface area contributed by atoms with Gasteiger partial charge in [-0.2, -0.15) is 0 Å². The molecule has 0 aliphatic carbocycles. The molecule has 0 aromatic heterocycles. The second kappa shape index (κ2) is 9.59. The average Bonchev–Trinajstić information content (AvgIpc) is 3.09. The summed E-state index contributed by atoms with van der Waals surface area (Å²) in [5.41, 5.74) is 0.571. The number of fused-ring (bicyclic) bond motifs is 5. The molecule has 2 aliphatic heterocycles. The van der Waals surface area contributed by atoms with E-state index in [1.165, 1.54) is 34.1 Å². The number of halogens is 3. The molecule has 1 saturated heterocycles. The van der Waals surface area contributed by atoms with Crippen molar-refractivity contribution in [2.45, 2.75) is 44.3 Å². The number of ether oxygens (including phenoxy) is 1. The van der Waals surface area contributed by atoms with E-state index in [9.17, 15) is 22.0 Å². The minimum atomic E-state index is -4.40. The quantitative estimate of drug-likeness (QED) is 0.659. The van der Waals surface area contributed by atoms with Crippen LogP contribution in [-0.2, 0) is 16.4 Å². The predicted molar refractivity (Wildman–Crippen MR) is 130 cm³/mol. The molecule has 7 nitrogen and oxygen atoms in total. The molecule has 0 radical (unpaired) electrons. The molecular formula is C25H30F3N3O4S. The van der Waals surface area contributed by atoms with Crippen molar-refractivity contribution in [2.75, 3.05) is 26.7 Å². The van der Waals surface area contributed by atoms with Crippen molar-refractivity contribution >= 4 is 16.1 Å². The van der Waals surface area contributed by atoms with Crippen molar-refractivity contribution in [2.24, 2.45) is 5.92 Å². The number of nitrogens with zero attached hydrogens (tertiary/aromatic N) is 2. The third kappa shape index (κ3) is 4.78. The van der Waals surface area contributed by atoms with Gasteiger partial charge in [-0.3, -0.25) is 0 Å². The van der Waals surface area contributed by atoms with Gasteiger partial charge in [0.25, 0.3) is 0 Å². The molecule has 11 heteroatoms. The van der Waals surface area contributed by atoms with Crippen molar-refractivity contribution < 1.29 is 31.1 Å². The third-order valence-electron chi connectivity index (χ3n) is 6.85. The molecule has 4 rings (SSSR count). The molecule has 2 aromatic rings. The maximum Gasteiger partial charge on any atom is 0.320 e. The number of hydrogen-bond acceptors (Lipinski definition) is 4. The highest BCUT2D eigenvalue weighted by Crippen LogP contribution is 2.37. The summed E-state index contributed by atoms with van der Waals surface area (Å²) in [4.78, 5) is 16.3. The summed E-state index contributed by atoms with van der Waals surface area (Å²) in [7, 11) is -2.85. The molecule has 1 fully saturated rings. The van der Waals surface area contributed by atoms with Crippen LogP contribution in [0, 0.1) is 17.6 Å². The maximum absolute atomic E-state index is 15.8. The summed E-state index contributed by atoms with van der Waals surface area (Å²) < 4.78 is 78.5. The van der Waals surface area contributed by atoms with Crippen molar-refractivity contribution in [1.82, 2.24) is 14.5 Å². The molecule has 2 aromatic carbocycles. The summed E-state index contributed by atoms with van der Waals surface area (Å²) in [6.45, 7) is 3.89. The lowest BCUT2D eigenvalue weighted by Gasteiger charge is -2.32. The standard InChI is InChI=1S/C25H30F3N3O4S/c1-15-14-31-20(22(15)29-36(33,34)25(2,3)28)13-16-7-5-8-17(21(16)27)18-9-6-10-19(26)23(18)35-12-11-30(4)24(31)32/h5-10,15,20,22,29H,11-14H2,1-4H3. The van der Waals surface area contributed by atoms with E-state index in [-0.39, 0.29) is 54.5 Å². The summed E-state index contributed by atoms with van der Waals surface area (Å²) in [6, 6.07) is 6.84. The van der Waals surface area contributed by atoms with Crippen LogP contribution in [-0.4, -0.2) is 68.1 Å². The van der Waals surface area contributed by atoms with Crippen molar-refractivity contribution in [3.05, 3.63) is 53.6 Å². The molecule has 2 bridgehead atoms. The zero-order valence-corrected chi connectivity index (χ0v) is 21.4. The van der Waals surface area contributed by atoms with Gasteiger partial charge in [0, 0.05) is 30.8 Å². The summed E-state index contributed by atoms with van der Waals surface area (Å²) >= 11 is 0. The largest absolute Gasteiger partial charge is 0.488 e. The van der Waals surface area contributed by atoms with Gasteiger partial charge in [-0.25, -0.2) is 31.1 Å². The summed E-state index contributed by atoms with van der Waals surface area (Å²) in [5, 5.41) is -2.56. The van der Waals surface area contributed by atoms with E-state index in [1.807, 2.05) is 0 Å². The van der Waals surface area contributed by atoms with Gasteiger partial charge < -0.3 is 14.5 Å². The highest BCUT2D eigenvalue weighted by molar-refractivity contribution is 7.90. The smallest absolute Gasteiger partial charge is 0.320 e. The Hall–Kier alpha value is -2.79. The van der Waals surface area contributed by atoms with E-state index in [0.717, 1.165) is 13.8 Å². The van der Waals surface area contributed by atoms with Gasteiger partial charge in [0.1, 0.15) is 12.4 Å². The lowest BCUT2D eigenvalue weighted by atomic mass is 9.93. The van der Waals surface area contributed by atoms with Gasteiger partial charge in [0.15, 0.2) is 11.6 Å². The number of amides is 2. The summed E-state index contributed by atoms with van der Waals surface area (Å²) in [6.07, 6.45) is -0.0327. The first-order valence-corrected chi connectivity index (χ1v) is 13.2. The van der Waals surface area contributed by atoms with Crippen LogP contribution in [0.2, 0.25) is 0 Å². The lowest BCUT2D eigenvalue weighted by molar-refractivity contribution is 0.146. The van der Waals surface area contributed by atoms with E-state index < -0.39 is 44.8 Å². The first kappa shape index (κ1) is 26.3. The lowest BCUT2D eigenvalue weighted by Crippen LogP contribution is -2.54. The number of hydrogen-bond donors (Lipinski definition) is 1. The van der Waals surface area contributed by atoms with Crippen LogP contribution in [0.15, 0.2) is 36.4 Å². The molecule has 1 N–H and O–H groups in total. The number of alkyl halides is 1. The Morgan fingerprint density at radius 2 is 1.78 bits per heavy atom. The Kier molecular flexibility index (Phi) is 7.00. The number of rotatable bonds is 3. The monoisotopic (exact) mass is 525 g/mol. The molecule has 2 aliphatic rings. The van der Waals surface area contributed by atoms with Crippen LogP contribution in [0.1, 0.15) is 26.3 Å². The molecule has 196 valence electrons. The van der Waals surface area contributed by atoms with E-state index in [2.05, 4.69) is 4.72 Å². The highest BCUT2D eigenvalue weighted by atomic mass is 32.2. The Labute approximate surface area is 209 Å². The highest BCUT2D eigenvalue weighted by Gasteiger charge is 2.47. The molecule has 3 atom stereocenters. The molecular weight excluding hydrogens is 495 g/mol. The number of carbonyl (C=O) groups excluding carboxylic acids is 1. The van der Waals surface area contributed by atoms with Gasteiger partial charge >= 0.3 is 6.03 Å². The molecule has 3 unspecified atom stereocenters. The number of likely N-dealkylation sites (N-methyl/N-ethyl adjacent to an activating group) is 1. The molecule has 2 heterocycles. The SMILES string of the molecule is CC1CN2C(=O)N(C)CCOc3c(F)cccc3-c3cccc(c3F)CC2C1NS(=O)(=O)C(C)(C)F. The van der Waals surface area contributed by atoms with Gasteiger partial charge in [-0.1, -0.05) is 37.3 Å². The zero-order chi connectivity index (χ0) is 26.4. The van der Waals surface area contributed by atoms with Gasteiger partial charge in [-0.15, -0.1) is 0 Å². The first-order chi connectivity index (χ1) is 16.8. The van der Waals surface area contributed by atoms with Crippen LogP contribution in [0.4, 0.5) is 18.0 Å². The summed E-state index contributed by atoms with van der Waals surface area (Å²) in [5.74, 6) is -1.76. The Bertz CT molecular complexity index is 1270. The number of carbonyl (C=O) groups is 1. The molecule has 2 amide bonds. The average molecular weight is 526 g/mol. The normalized spacial score (nSPS) is 23.2. The third-order valence-corrected chi connectivity index (χ3v) is 8.71. The number of nitrogens with one attached hydrogen (secondary N) is 1. The molecule has 36 heavy (non-hydrogen) atoms. The Balaban J connectivity index is 1.83. The van der Waals surface area contributed by atoms with E-state index in [4.69, 9.17) is 4.74 Å². The second-order valence-electron chi connectivity index (χ2n) is 9.86. The topological polar surface area (TPSA) is 79.0 Å². The van der Waals surface area contributed by atoms with Crippen LogP contribution >= 0.6 is 0 Å². The van der Waals surface area contributed by atoms with E-state index in [0.29, 0.717) is 0 Å². The Morgan fingerprint density at radius 1 is 1.11 bits per heavy atom. The van der Waals surface area contributed by atoms with Crippen molar-refractivity contribution in [1.29, 1.82) is 0 Å². The number of para-hydroxylation sites is 1. The fourth-order valence-corrected chi connectivity index (χ4v) is 5.77. The van der Waals surface area contributed by atoms with Crippen molar-refractivity contribution in [3.8, 4) is 16.9 Å². The van der Waals surface area contributed by atoms with Crippen molar-refractivity contribution in [3.63, 3.8) is 0 Å². The van der Waals surface area contributed by atoms with Crippen LogP contribution in [0.3, 0.4) is 0 Å². The minimum Gasteiger partial charge on any atom is -0.488 e. The zero-order valence-electron chi connectivity index (χ0n) is 20.6. The fraction of sp³-hybridized carbons (Fsp3) is 0.480. The molecule has 0 spiro atoms. The number of sulfonamides is 1. The Morgan fingerprint density at radius 3 is 2.47 bits per heavy atom. The van der Waals surface area contributed by atoms with Crippen LogP contribution in [0.25, 0.3) is 11.1 Å². The van der Waals surface area contributed by atoms with Gasteiger partial charge in [-0.05, 0) is 37.8 Å². The minimum absolute atomic E-state index is 0.0327. The van der Waals surface area contributed by atoms with Gasteiger partial charge in [0.2, 0.25) is 15.0 Å². The first-order valence-electron chi connectivity index (χ1n) is 11.7. The second-order valence-corrected chi connectivity index (χ2v) is 12.1. The maximum atomic E-state index is 15.8. The number of benzene rings is 2.